The minimum atomic E-state index is 0.146. The molecule has 1 unspecified atom stereocenters. The van der Waals surface area contributed by atoms with E-state index in [2.05, 4.69) is 25.6 Å². The minimum absolute atomic E-state index is 0.146. The van der Waals surface area contributed by atoms with Crippen LogP contribution in [0.25, 0.3) is 0 Å². The predicted molar refractivity (Wildman–Crippen MR) is 62.2 cm³/mol. The van der Waals surface area contributed by atoms with E-state index in [0.717, 1.165) is 12.8 Å². The van der Waals surface area contributed by atoms with Gasteiger partial charge in [0.15, 0.2) is 0 Å². The van der Waals surface area contributed by atoms with Gasteiger partial charge < -0.3 is 5.73 Å². The van der Waals surface area contributed by atoms with Crippen molar-refractivity contribution in [1.82, 2.24) is 0 Å². The third-order valence-electron chi connectivity index (χ3n) is 2.47. The molecule has 0 aliphatic carbocycles. The molecule has 0 amide bonds. The van der Waals surface area contributed by atoms with Gasteiger partial charge in [0.25, 0.3) is 0 Å². The van der Waals surface area contributed by atoms with E-state index in [1.54, 1.807) is 0 Å². The van der Waals surface area contributed by atoms with Crippen LogP contribution >= 0.6 is 0 Å². The average molecular weight is 189 g/mol. The third kappa shape index (κ3) is 3.00. The highest BCUT2D eigenvalue weighted by Crippen LogP contribution is 2.20. The van der Waals surface area contributed by atoms with Crippen LogP contribution < -0.4 is 5.73 Å². The lowest BCUT2D eigenvalue weighted by Gasteiger charge is -2.14. The Morgan fingerprint density at radius 3 is 2.64 bits per heavy atom. The van der Waals surface area contributed by atoms with Gasteiger partial charge in [0.05, 0.1) is 0 Å². The molecular weight excluding hydrogens is 170 g/mol. The van der Waals surface area contributed by atoms with Crippen molar-refractivity contribution in [2.24, 2.45) is 5.73 Å². The van der Waals surface area contributed by atoms with Gasteiger partial charge in [0.1, 0.15) is 0 Å². The van der Waals surface area contributed by atoms with E-state index in [1.807, 2.05) is 19.1 Å². The molecule has 14 heavy (non-hydrogen) atoms. The standard InChI is InChI=1S/C13H19N/c1-10(2)8-9-13(14)12-7-5-4-6-11(12)3/h4-7,13H,1,8-9,14H2,2-3H3. The van der Waals surface area contributed by atoms with Crippen molar-refractivity contribution < 1.29 is 0 Å². The van der Waals surface area contributed by atoms with Crippen LogP contribution in [-0.2, 0) is 0 Å². The maximum atomic E-state index is 6.10. The van der Waals surface area contributed by atoms with E-state index >= 15 is 0 Å². The third-order valence-corrected chi connectivity index (χ3v) is 2.47. The van der Waals surface area contributed by atoms with Crippen LogP contribution in [0.3, 0.4) is 0 Å². The molecule has 0 bridgehead atoms. The summed E-state index contributed by atoms with van der Waals surface area (Å²) in [5, 5.41) is 0. The zero-order valence-corrected chi connectivity index (χ0v) is 9.09. The first-order chi connectivity index (χ1) is 6.61. The van der Waals surface area contributed by atoms with Gasteiger partial charge in [0, 0.05) is 6.04 Å². The summed E-state index contributed by atoms with van der Waals surface area (Å²) in [6.07, 6.45) is 2.00. The summed E-state index contributed by atoms with van der Waals surface area (Å²) in [4.78, 5) is 0. The Morgan fingerprint density at radius 1 is 1.43 bits per heavy atom. The first-order valence-corrected chi connectivity index (χ1v) is 5.06. The van der Waals surface area contributed by atoms with Crippen molar-refractivity contribution in [1.29, 1.82) is 0 Å². The number of aryl methyl sites for hydroxylation is 1. The fourth-order valence-corrected chi connectivity index (χ4v) is 1.56. The molecule has 0 aliphatic rings. The van der Waals surface area contributed by atoms with Crippen LogP contribution in [0.4, 0.5) is 0 Å². The topological polar surface area (TPSA) is 26.0 Å². The van der Waals surface area contributed by atoms with Gasteiger partial charge in [0.2, 0.25) is 0 Å². The van der Waals surface area contributed by atoms with Crippen LogP contribution in [0, 0.1) is 6.92 Å². The molecule has 0 heterocycles. The van der Waals surface area contributed by atoms with E-state index in [1.165, 1.54) is 16.7 Å². The maximum absolute atomic E-state index is 6.10. The molecule has 0 spiro atoms. The van der Waals surface area contributed by atoms with Crippen LogP contribution in [0.1, 0.15) is 36.9 Å². The Morgan fingerprint density at radius 2 is 2.07 bits per heavy atom. The quantitative estimate of drug-likeness (QED) is 0.722. The van der Waals surface area contributed by atoms with Crippen LogP contribution in [0.15, 0.2) is 36.4 Å². The molecule has 0 fully saturated rings. The monoisotopic (exact) mass is 189 g/mol. The van der Waals surface area contributed by atoms with E-state index in [4.69, 9.17) is 5.73 Å². The number of nitrogens with two attached hydrogens (primary N) is 1. The zero-order valence-electron chi connectivity index (χ0n) is 9.09. The van der Waals surface area contributed by atoms with Crippen LogP contribution in [0.2, 0.25) is 0 Å². The number of rotatable bonds is 4. The van der Waals surface area contributed by atoms with Crippen LogP contribution in [-0.4, -0.2) is 0 Å². The summed E-state index contributed by atoms with van der Waals surface area (Å²) in [5.74, 6) is 0. The van der Waals surface area contributed by atoms with Gasteiger partial charge in [-0.1, -0.05) is 29.8 Å². The Bertz CT molecular complexity index is 315. The lowest BCUT2D eigenvalue weighted by Crippen LogP contribution is -2.11. The molecular formula is C13H19N. The van der Waals surface area contributed by atoms with E-state index in [-0.39, 0.29) is 6.04 Å². The Kier molecular flexibility index (Phi) is 3.90. The fraction of sp³-hybridized carbons (Fsp3) is 0.385. The van der Waals surface area contributed by atoms with Crippen molar-refractivity contribution in [3.05, 3.63) is 47.5 Å². The van der Waals surface area contributed by atoms with Crippen LogP contribution in [0.5, 0.6) is 0 Å². The lowest BCUT2D eigenvalue weighted by molar-refractivity contribution is 0.646. The average Bonchev–Trinajstić information content (AvgIpc) is 2.15. The molecule has 76 valence electrons. The first kappa shape index (κ1) is 11.0. The van der Waals surface area contributed by atoms with Gasteiger partial charge in [-0.25, -0.2) is 0 Å². The van der Waals surface area contributed by atoms with Gasteiger partial charge >= 0.3 is 0 Å². The second kappa shape index (κ2) is 4.97. The molecule has 1 rings (SSSR count). The summed E-state index contributed by atoms with van der Waals surface area (Å²) in [6.45, 7) is 8.04. The summed E-state index contributed by atoms with van der Waals surface area (Å²) < 4.78 is 0. The molecule has 1 aromatic carbocycles. The van der Waals surface area contributed by atoms with Crippen molar-refractivity contribution in [2.75, 3.05) is 0 Å². The summed E-state index contributed by atoms with van der Waals surface area (Å²) in [5.41, 5.74) is 9.84. The zero-order chi connectivity index (χ0) is 10.6. The number of allylic oxidation sites excluding steroid dienone is 1. The maximum Gasteiger partial charge on any atom is 0.0300 e. The van der Waals surface area contributed by atoms with Gasteiger partial charge in [-0.05, 0) is 37.8 Å². The first-order valence-electron chi connectivity index (χ1n) is 5.06. The van der Waals surface area contributed by atoms with Crippen molar-refractivity contribution in [3.63, 3.8) is 0 Å². The van der Waals surface area contributed by atoms with Crippen molar-refractivity contribution in [2.45, 2.75) is 32.7 Å². The Balaban J connectivity index is 2.65. The van der Waals surface area contributed by atoms with Gasteiger partial charge in [-0.2, -0.15) is 0 Å². The molecule has 2 N–H and O–H groups in total. The Hall–Kier alpha value is -1.08. The lowest BCUT2D eigenvalue weighted by atomic mass is 9.97. The number of benzene rings is 1. The second-order valence-corrected chi connectivity index (χ2v) is 3.96. The molecule has 0 saturated carbocycles. The highest BCUT2D eigenvalue weighted by molar-refractivity contribution is 5.28. The number of hydrogen-bond acceptors (Lipinski definition) is 1. The molecule has 1 atom stereocenters. The molecule has 1 aromatic rings. The summed E-state index contributed by atoms with van der Waals surface area (Å²) in [6, 6.07) is 8.45. The second-order valence-electron chi connectivity index (χ2n) is 3.96. The predicted octanol–water partition coefficient (Wildman–Crippen LogP) is 3.35. The van der Waals surface area contributed by atoms with Gasteiger partial charge in [-0.15, -0.1) is 6.58 Å². The fourth-order valence-electron chi connectivity index (χ4n) is 1.56. The normalized spacial score (nSPS) is 12.5. The SMILES string of the molecule is C=C(C)CCC(N)c1ccccc1C. The minimum Gasteiger partial charge on any atom is -0.324 e. The highest BCUT2D eigenvalue weighted by Gasteiger charge is 2.07. The largest absolute Gasteiger partial charge is 0.324 e. The summed E-state index contributed by atoms with van der Waals surface area (Å²) in [7, 11) is 0. The van der Waals surface area contributed by atoms with Crippen molar-refractivity contribution in [3.8, 4) is 0 Å². The molecule has 0 radical (unpaired) electrons. The van der Waals surface area contributed by atoms with E-state index in [9.17, 15) is 0 Å². The molecule has 1 heteroatoms. The number of hydrogen-bond donors (Lipinski definition) is 1. The van der Waals surface area contributed by atoms with Gasteiger partial charge in [-0.3, -0.25) is 0 Å². The van der Waals surface area contributed by atoms with E-state index < -0.39 is 0 Å². The molecule has 1 nitrogen and oxygen atoms in total. The van der Waals surface area contributed by atoms with Crippen molar-refractivity contribution >= 4 is 0 Å². The molecule has 0 aliphatic heterocycles. The van der Waals surface area contributed by atoms with E-state index in [0.29, 0.717) is 0 Å². The highest BCUT2D eigenvalue weighted by atomic mass is 14.6. The Labute approximate surface area is 86.6 Å². The summed E-state index contributed by atoms with van der Waals surface area (Å²) >= 11 is 0. The smallest absolute Gasteiger partial charge is 0.0300 e. The molecule has 0 aromatic heterocycles. The molecule has 0 saturated heterocycles.